The lowest BCUT2D eigenvalue weighted by molar-refractivity contribution is 0.256. The van der Waals surface area contributed by atoms with Crippen molar-refractivity contribution < 1.29 is 15.3 Å². The number of hydrogen-bond donors (Lipinski definition) is 3. The summed E-state index contributed by atoms with van der Waals surface area (Å²) < 4.78 is 0. The van der Waals surface area contributed by atoms with Gasteiger partial charge in [-0.25, -0.2) is 0 Å². The van der Waals surface area contributed by atoms with E-state index in [0.717, 1.165) is 5.56 Å². The number of hydrogen-bond acceptors (Lipinski definition) is 3. The van der Waals surface area contributed by atoms with E-state index < -0.39 is 0 Å². The Hall–Kier alpha value is -1.48. The molecule has 3 nitrogen and oxygen atoms in total. The standard InChI is InChI=1S/C9H10O3/c10-6-9(12)5-7-1-3-8(11)4-2-7/h1-5,10-12H,6H2/b9-5-. The minimum atomic E-state index is -0.374. The fourth-order valence-corrected chi connectivity index (χ4v) is 0.809. The van der Waals surface area contributed by atoms with E-state index in [1.54, 1.807) is 12.1 Å². The van der Waals surface area contributed by atoms with Crippen LogP contribution in [-0.2, 0) is 0 Å². The zero-order valence-electron chi connectivity index (χ0n) is 6.44. The summed E-state index contributed by atoms with van der Waals surface area (Å²) in [7, 11) is 0. The van der Waals surface area contributed by atoms with Gasteiger partial charge in [0.25, 0.3) is 0 Å². The maximum absolute atomic E-state index is 8.93. The smallest absolute Gasteiger partial charge is 0.118 e. The van der Waals surface area contributed by atoms with Gasteiger partial charge in [0.15, 0.2) is 0 Å². The number of aliphatic hydroxyl groups is 2. The molecule has 0 saturated carbocycles. The lowest BCUT2D eigenvalue weighted by Gasteiger charge is -1.95. The molecule has 1 rings (SSSR count). The van der Waals surface area contributed by atoms with Gasteiger partial charge in [0.1, 0.15) is 18.1 Å². The molecule has 0 bridgehead atoms. The lowest BCUT2D eigenvalue weighted by Crippen LogP contribution is -1.86. The van der Waals surface area contributed by atoms with Crippen molar-refractivity contribution in [1.29, 1.82) is 0 Å². The van der Waals surface area contributed by atoms with Crippen LogP contribution in [0.4, 0.5) is 0 Å². The Kier molecular flexibility index (Phi) is 2.71. The molecular formula is C9H10O3. The number of phenolic OH excluding ortho intramolecular Hbond substituents is 1. The van der Waals surface area contributed by atoms with Crippen molar-refractivity contribution in [3.63, 3.8) is 0 Å². The van der Waals surface area contributed by atoms with E-state index >= 15 is 0 Å². The second kappa shape index (κ2) is 3.78. The molecule has 0 heterocycles. The van der Waals surface area contributed by atoms with Crippen LogP contribution in [0.5, 0.6) is 5.75 Å². The predicted molar refractivity (Wildman–Crippen MR) is 45.8 cm³/mol. The highest BCUT2D eigenvalue weighted by atomic mass is 16.3. The zero-order valence-corrected chi connectivity index (χ0v) is 6.44. The van der Waals surface area contributed by atoms with Crippen molar-refractivity contribution in [3.05, 3.63) is 35.6 Å². The first-order valence-corrected chi connectivity index (χ1v) is 3.52. The van der Waals surface area contributed by atoms with Crippen LogP contribution in [0.1, 0.15) is 5.56 Å². The molecule has 0 unspecified atom stereocenters. The number of phenols is 1. The molecule has 1 aromatic rings. The SMILES string of the molecule is OC/C(O)=C/c1ccc(O)cc1. The van der Waals surface area contributed by atoms with E-state index in [2.05, 4.69) is 0 Å². The first-order chi connectivity index (χ1) is 5.72. The molecule has 0 amide bonds. The Balaban J connectivity index is 2.84. The zero-order chi connectivity index (χ0) is 8.97. The third-order valence-corrected chi connectivity index (χ3v) is 1.39. The highest BCUT2D eigenvalue weighted by Crippen LogP contribution is 2.11. The van der Waals surface area contributed by atoms with E-state index in [1.165, 1.54) is 18.2 Å². The van der Waals surface area contributed by atoms with Gasteiger partial charge in [-0.1, -0.05) is 12.1 Å². The maximum atomic E-state index is 8.93. The first kappa shape index (κ1) is 8.62. The van der Waals surface area contributed by atoms with Crippen LogP contribution in [0.3, 0.4) is 0 Å². The van der Waals surface area contributed by atoms with Gasteiger partial charge in [-0.3, -0.25) is 0 Å². The number of benzene rings is 1. The molecule has 0 aliphatic heterocycles. The quantitative estimate of drug-likeness (QED) is 0.580. The van der Waals surface area contributed by atoms with Crippen LogP contribution < -0.4 is 0 Å². The van der Waals surface area contributed by atoms with Crippen molar-refractivity contribution in [2.75, 3.05) is 6.61 Å². The van der Waals surface area contributed by atoms with Gasteiger partial charge in [0, 0.05) is 0 Å². The lowest BCUT2D eigenvalue weighted by atomic mass is 10.2. The summed E-state index contributed by atoms with van der Waals surface area (Å²) in [5.74, 6) is 0.0799. The summed E-state index contributed by atoms with van der Waals surface area (Å²) in [4.78, 5) is 0. The highest BCUT2D eigenvalue weighted by molar-refractivity contribution is 5.52. The predicted octanol–water partition coefficient (Wildman–Crippen LogP) is 1.28. The summed E-state index contributed by atoms with van der Waals surface area (Å²) in [6.45, 7) is -0.374. The van der Waals surface area contributed by atoms with Crippen LogP contribution in [-0.4, -0.2) is 21.9 Å². The number of aliphatic hydroxyl groups excluding tert-OH is 2. The van der Waals surface area contributed by atoms with Crippen LogP contribution in [0.25, 0.3) is 6.08 Å². The Bertz CT molecular complexity index is 274. The average molecular weight is 166 g/mol. The number of aromatic hydroxyl groups is 1. The minimum Gasteiger partial charge on any atom is -0.510 e. The van der Waals surface area contributed by atoms with E-state index in [9.17, 15) is 0 Å². The molecule has 3 N–H and O–H groups in total. The molecule has 0 aromatic heterocycles. The third-order valence-electron chi connectivity index (χ3n) is 1.39. The second-order valence-electron chi connectivity index (χ2n) is 2.39. The Labute approximate surface area is 70.2 Å². The molecule has 0 fully saturated rings. The van der Waals surface area contributed by atoms with Crippen LogP contribution >= 0.6 is 0 Å². The van der Waals surface area contributed by atoms with Gasteiger partial charge in [-0.05, 0) is 23.8 Å². The minimum absolute atomic E-state index is 0.0966. The molecule has 12 heavy (non-hydrogen) atoms. The Morgan fingerprint density at radius 2 is 1.83 bits per heavy atom. The summed E-state index contributed by atoms with van der Waals surface area (Å²) in [5.41, 5.74) is 0.736. The molecule has 0 saturated heterocycles. The maximum Gasteiger partial charge on any atom is 0.118 e. The number of rotatable bonds is 2. The molecule has 0 radical (unpaired) electrons. The van der Waals surface area contributed by atoms with Gasteiger partial charge in [-0.2, -0.15) is 0 Å². The molecule has 0 spiro atoms. The van der Waals surface area contributed by atoms with Gasteiger partial charge in [0.2, 0.25) is 0 Å². The van der Waals surface area contributed by atoms with Crippen molar-refractivity contribution in [3.8, 4) is 5.75 Å². The fourth-order valence-electron chi connectivity index (χ4n) is 0.809. The molecule has 3 heteroatoms. The van der Waals surface area contributed by atoms with Crippen molar-refractivity contribution >= 4 is 6.08 Å². The molecule has 64 valence electrons. The van der Waals surface area contributed by atoms with Crippen LogP contribution in [0.15, 0.2) is 30.0 Å². The average Bonchev–Trinajstić information content (AvgIpc) is 2.09. The highest BCUT2D eigenvalue weighted by Gasteiger charge is 1.91. The summed E-state index contributed by atoms with van der Waals surface area (Å²) in [6.07, 6.45) is 1.43. The van der Waals surface area contributed by atoms with Crippen molar-refractivity contribution in [2.45, 2.75) is 0 Å². The van der Waals surface area contributed by atoms with Gasteiger partial charge < -0.3 is 15.3 Å². The van der Waals surface area contributed by atoms with Gasteiger partial charge >= 0.3 is 0 Å². The second-order valence-corrected chi connectivity index (χ2v) is 2.39. The normalized spacial score (nSPS) is 11.6. The van der Waals surface area contributed by atoms with E-state index in [1.807, 2.05) is 0 Å². The summed E-state index contributed by atoms with van der Waals surface area (Å²) in [6, 6.07) is 6.30. The van der Waals surface area contributed by atoms with Crippen molar-refractivity contribution in [2.24, 2.45) is 0 Å². The van der Waals surface area contributed by atoms with Crippen LogP contribution in [0.2, 0.25) is 0 Å². The van der Waals surface area contributed by atoms with Crippen molar-refractivity contribution in [1.82, 2.24) is 0 Å². The van der Waals surface area contributed by atoms with E-state index in [-0.39, 0.29) is 18.1 Å². The van der Waals surface area contributed by atoms with E-state index in [4.69, 9.17) is 15.3 Å². The third kappa shape index (κ3) is 2.29. The molecular weight excluding hydrogens is 156 g/mol. The monoisotopic (exact) mass is 166 g/mol. The Morgan fingerprint density at radius 1 is 1.25 bits per heavy atom. The topological polar surface area (TPSA) is 60.7 Å². The summed E-state index contributed by atoms with van der Waals surface area (Å²) in [5, 5.41) is 26.3. The first-order valence-electron chi connectivity index (χ1n) is 3.52. The van der Waals surface area contributed by atoms with Gasteiger partial charge in [0.05, 0.1) is 0 Å². The Morgan fingerprint density at radius 3 is 2.33 bits per heavy atom. The molecule has 1 aromatic carbocycles. The van der Waals surface area contributed by atoms with Gasteiger partial charge in [-0.15, -0.1) is 0 Å². The molecule has 0 atom stereocenters. The summed E-state index contributed by atoms with van der Waals surface area (Å²) >= 11 is 0. The molecule has 0 aliphatic rings. The molecule has 0 aliphatic carbocycles. The largest absolute Gasteiger partial charge is 0.510 e. The fraction of sp³-hybridized carbons (Fsp3) is 0.111. The van der Waals surface area contributed by atoms with Crippen LogP contribution in [0, 0.1) is 0 Å². The van der Waals surface area contributed by atoms with E-state index in [0.29, 0.717) is 0 Å².